The Hall–Kier alpha value is 0.260. The highest BCUT2D eigenvalue weighted by Gasteiger charge is 2.32. The molecule has 9 heteroatoms. The van der Waals surface area contributed by atoms with Gasteiger partial charge in [0, 0.05) is 0 Å². The summed E-state index contributed by atoms with van der Waals surface area (Å²) in [5.74, 6) is 0. The van der Waals surface area contributed by atoms with Crippen molar-refractivity contribution in [3.8, 4) is 0 Å². The fourth-order valence-corrected chi connectivity index (χ4v) is 1.90. The van der Waals surface area contributed by atoms with Crippen molar-refractivity contribution in [1.82, 2.24) is 4.67 Å². The van der Waals surface area contributed by atoms with Crippen molar-refractivity contribution in [2.75, 3.05) is 14.1 Å². The molecule has 0 fully saturated rings. The van der Waals surface area contributed by atoms with Gasteiger partial charge in [0.2, 0.25) is 0 Å². The molecule has 0 heterocycles. The van der Waals surface area contributed by atoms with Crippen LogP contribution in [0.5, 0.6) is 0 Å². The van der Waals surface area contributed by atoms with Gasteiger partial charge in [0.15, 0.2) is 0 Å². The molecule has 0 aliphatic heterocycles. The summed E-state index contributed by atoms with van der Waals surface area (Å²) < 4.78 is 25.0. The van der Waals surface area contributed by atoms with Gasteiger partial charge >= 0.3 is 15.6 Å². The van der Waals surface area contributed by atoms with E-state index >= 15 is 0 Å². The molecule has 0 aromatic carbocycles. The highest BCUT2D eigenvalue weighted by molar-refractivity contribution is 7.62. The van der Waals surface area contributed by atoms with Crippen molar-refractivity contribution < 1.29 is 28.1 Å². The summed E-state index contributed by atoms with van der Waals surface area (Å²) in [6.45, 7) is 0. The number of hydrogen-bond donors (Lipinski definition) is 3. The van der Waals surface area contributed by atoms with Gasteiger partial charge in [0.05, 0.1) is 0 Å². The van der Waals surface area contributed by atoms with Crippen LogP contribution < -0.4 is 0 Å². The smallest absolute Gasteiger partial charge is 0.312 e. The minimum Gasteiger partial charge on any atom is -0.312 e. The Kier molecular flexibility index (Phi) is 3.41. The minimum atomic E-state index is -4.90. The first-order valence-corrected chi connectivity index (χ1v) is 5.49. The highest BCUT2D eigenvalue weighted by Crippen LogP contribution is 2.57. The largest absolute Gasteiger partial charge is 0.477 e. The predicted octanol–water partition coefficient (Wildman–Crippen LogP) is -0.242. The Morgan fingerprint density at radius 3 is 1.64 bits per heavy atom. The van der Waals surface area contributed by atoms with Crippen molar-refractivity contribution in [3.05, 3.63) is 0 Å². The molecular weight excluding hydrogens is 196 g/mol. The average Bonchev–Trinajstić information content (AvgIpc) is 1.56. The van der Waals surface area contributed by atoms with E-state index in [4.69, 9.17) is 14.7 Å². The minimum absolute atomic E-state index is 0.687. The van der Waals surface area contributed by atoms with E-state index in [0.29, 0.717) is 4.67 Å². The van der Waals surface area contributed by atoms with Crippen molar-refractivity contribution in [1.29, 1.82) is 0 Å². The number of nitrogens with zero attached hydrogens (tertiary/aromatic N) is 1. The van der Waals surface area contributed by atoms with Crippen molar-refractivity contribution >= 4 is 15.6 Å². The lowest BCUT2D eigenvalue weighted by Crippen LogP contribution is -2.09. The van der Waals surface area contributed by atoms with Crippen LogP contribution in [0.3, 0.4) is 0 Å². The molecule has 1 atom stereocenters. The van der Waals surface area contributed by atoms with E-state index in [2.05, 4.69) is 4.31 Å². The number of hydrogen-bond acceptors (Lipinski definition) is 3. The Bertz CT molecular complexity index is 219. The quantitative estimate of drug-likeness (QED) is 0.545. The second-order valence-corrected chi connectivity index (χ2v) is 5.33. The van der Waals surface area contributed by atoms with Crippen LogP contribution in [-0.2, 0) is 13.4 Å². The molecule has 0 amide bonds. The van der Waals surface area contributed by atoms with E-state index in [1.807, 2.05) is 0 Å². The zero-order valence-electron chi connectivity index (χ0n) is 5.91. The molecule has 0 spiro atoms. The summed E-state index contributed by atoms with van der Waals surface area (Å²) in [6.07, 6.45) is 0. The highest BCUT2D eigenvalue weighted by atomic mass is 31.3. The maximum absolute atomic E-state index is 10.7. The Morgan fingerprint density at radius 2 is 1.55 bits per heavy atom. The van der Waals surface area contributed by atoms with E-state index in [1.54, 1.807) is 0 Å². The monoisotopic (exact) mass is 205 g/mol. The Morgan fingerprint density at radius 1 is 1.18 bits per heavy atom. The van der Waals surface area contributed by atoms with Gasteiger partial charge in [0.1, 0.15) is 0 Å². The molecule has 0 radical (unpaired) electrons. The second-order valence-electron chi connectivity index (χ2n) is 1.91. The fourth-order valence-electron chi connectivity index (χ4n) is 0.212. The van der Waals surface area contributed by atoms with Crippen LogP contribution in [0.4, 0.5) is 0 Å². The lowest BCUT2D eigenvalue weighted by molar-refractivity contribution is 0.242. The first-order chi connectivity index (χ1) is 4.65. The standard InChI is InChI=1S/C2H9NO6P2/c1-3(2)10(4,5)9-11(6,7)8/h1-2H3,(H,4,5)(H2,6,7,8). The van der Waals surface area contributed by atoms with Gasteiger partial charge in [-0.05, 0) is 14.1 Å². The van der Waals surface area contributed by atoms with Crippen LogP contribution in [0.25, 0.3) is 0 Å². The van der Waals surface area contributed by atoms with Crippen LogP contribution in [0.1, 0.15) is 0 Å². The van der Waals surface area contributed by atoms with E-state index in [9.17, 15) is 9.13 Å². The molecule has 0 aromatic heterocycles. The summed E-state index contributed by atoms with van der Waals surface area (Å²) >= 11 is 0. The molecule has 68 valence electrons. The molecule has 0 bridgehead atoms. The van der Waals surface area contributed by atoms with Crippen LogP contribution in [0.2, 0.25) is 0 Å². The van der Waals surface area contributed by atoms with E-state index in [0.717, 1.165) is 14.1 Å². The molecule has 7 nitrogen and oxygen atoms in total. The normalized spacial score (nSPS) is 18.4. The second kappa shape index (κ2) is 3.33. The molecule has 0 aliphatic carbocycles. The molecule has 1 unspecified atom stereocenters. The summed E-state index contributed by atoms with van der Waals surface area (Å²) in [5.41, 5.74) is 0. The van der Waals surface area contributed by atoms with Gasteiger partial charge in [-0.3, -0.25) is 0 Å². The first-order valence-electron chi connectivity index (χ1n) is 2.42. The van der Waals surface area contributed by atoms with Crippen LogP contribution in [0, 0.1) is 0 Å². The Labute approximate surface area is 63.4 Å². The third-order valence-electron chi connectivity index (χ3n) is 0.718. The van der Waals surface area contributed by atoms with Crippen LogP contribution in [0.15, 0.2) is 0 Å². The van der Waals surface area contributed by atoms with Gasteiger partial charge in [-0.1, -0.05) is 0 Å². The molecule has 0 aliphatic rings. The van der Waals surface area contributed by atoms with Gasteiger partial charge in [-0.25, -0.2) is 13.8 Å². The van der Waals surface area contributed by atoms with Crippen molar-refractivity contribution in [3.63, 3.8) is 0 Å². The van der Waals surface area contributed by atoms with Gasteiger partial charge in [0.25, 0.3) is 0 Å². The molecule has 0 aromatic rings. The summed E-state index contributed by atoms with van der Waals surface area (Å²) in [5, 5.41) is 0. The predicted molar refractivity (Wildman–Crippen MR) is 36.6 cm³/mol. The lowest BCUT2D eigenvalue weighted by Gasteiger charge is -2.17. The summed E-state index contributed by atoms with van der Waals surface area (Å²) in [6, 6.07) is 0. The maximum Gasteiger partial charge on any atom is 0.477 e. The van der Waals surface area contributed by atoms with Gasteiger partial charge in [-0.15, -0.1) is 0 Å². The number of rotatable bonds is 3. The van der Waals surface area contributed by atoms with E-state index in [-0.39, 0.29) is 0 Å². The molecule has 0 rings (SSSR count). The Balaban J connectivity index is 4.39. The third-order valence-corrected chi connectivity index (χ3v) is 3.43. The lowest BCUT2D eigenvalue weighted by atomic mass is 11.3. The average molecular weight is 205 g/mol. The van der Waals surface area contributed by atoms with Crippen LogP contribution >= 0.6 is 15.6 Å². The number of phosphoric acid groups is 1. The molecule has 0 saturated carbocycles. The van der Waals surface area contributed by atoms with E-state index < -0.39 is 15.6 Å². The summed E-state index contributed by atoms with van der Waals surface area (Å²) in [4.78, 5) is 25.0. The fraction of sp³-hybridized carbons (Fsp3) is 1.00. The van der Waals surface area contributed by atoms with Gasteiger partial charge in [-0.2, -0.15) is 4.31 Å². The molecule has 11 heavy (non-hydrogen) atoms. The maximum atomic E-state index is 10.7. The molecule has 0 saturated heterocycles. The molecule has 3 N–H and O–H groups in total. The van der Waals surface area contributed by atoms with Gasteiger partial charge < -0.3 is 14.7 Å². The first kappa shape index (κ1) is 11.3. The molecular formula is C2H9NO6P2. The zero-order valence-corrected chi connectivity index (χ0v) is 7.70. The topological polar surface area (TPSA) is 107 Å². The third kappa shape index (κ3) is 4.66. The summed E-state index contributed by atoms with van der Waals surface area (Å²) in [7, 11) is -6.89. The SMILES string of the molecule is CN(C)P(=O)(O)OP(=O)(O)O. The van der Waals surface area contributed by atoms with Crippen LogP contribution in [-0.4, -0.2) is 33.4 Å². The zero-order chi connectivity index (χ0) is 9.28. The van der Waals surface area contributed by atoms with Crippen molar-refractivity contribution in [2.24, 2.45) is 0 Å². The van der Waals surface area contributed by atoms with Crippen molar-refractivity contribution in [2.45, 2.75) is 0 Å². The van der Waals surface area contributed by atoms with E-state index in [1.165, 1.54) is 0 Å².